The predicted molar refractivity (Wildman–Crippen MR) is 319 cm³/mol. The van der Waals surface area contributed by atoms with Gasteiger partial charge in [0.15, 0.2) is 15.4 Å². The summed E-state index contributed by atoms with van der Waals surface area (Å²) in [4.78, 5) is 122. The molecule has 94 heavy (non-hydrogen) atoms. The van der Waals surface area contributed by atoms with Crippen LogP contribution in [-0.2, 0) is 105 Å². The van der Waals surface area contributed by atoms with Gasteiger partial charge in [0.2, 0.25) is 12.6 Å². The Morgan fingerprint density at radius 3 is 1.12 bits per heavy atom. The number of phenolic OH excluding ortho intramolecular Hbond substituents is 1. The zero-order valence-electron chi connectivity index (χ0n) is 51.5. The maximum Gasteiger partial charge on any atom is 1.00 e. The number of carboxylic acid groups (broad SMARTS) is 1. The molecule has 0 saturated heterocycles. The van der Waals surface area contributed by atoms with Crippen LogP contribution in [0, 0.1) is 30.3 Å². The number of carbonyl (C=O) groups is 9. The van der Waals surface area contributed by atoms with Gasteiger partial charge >= 0.3 is 161 Å². The van der Waals surface area contributed by atoms with Crippen molar-refractivity contribution in [2.45, 2.75) is 103 Å². The van der Waals surface area contributed by atoms with Crippen LogP contribution in [0.3, 0.4) is 0 Å². The first-order valence-corrected chi connectivity index (χ1v) is 33.8. The number of aromatic hydroxyl groups is 1. The third kappa shape index (κ3) is 87.1. The van der Waals surface area contributed by atoms with E-state index in [1.54, 1.807) is 0 Å². The number of halogens is 6. The van der Waals surface area contributed by atoms with Crippen LogP contribution in [-0.4, -0.2) is 149 Å². The molecule has 0 aliphatic carbocycles. The minimum atomic E-state index is -2.11. The SMILES string of the molecule is CC(=O)O.CC(=O)OC(C)OC(=O)NCCCS(=O)[O-].CC(=O)OC(C)OC(=O)Oc1ccc([N+](=O)[O-])cc1.CC(=O)[O][Hg][O]C(C)=O.CC(Cl)OC(=O)Cl.CC(Cl)OC(=O)Oc1ccc([N+](=O)[O-])cc1.ClC(Cl)Cl.NCCCS(=O)[O-].O=[N+]([O-])c1ccc(O)cc1.[Na+].[Na+]. The van der Waals surface area contributed by atoms with Gasteiger partial charge in [0.25, 0.3) is 23.0 Å². The van der Waals surface area contributed by atoms with Crippen LogP contribution in [0.2, 0.25) is 0 Å². The molecule has 0 saturated carbocycles. The van der Waals surface area contributed by atoms with Gasteiger partial charge in [-0.1, -0.05) is 80.2 Å². The Morgan fingerprint density at radius 1 is 0.553 bits per heavy atom. The molecule has 36 nitrogen and oxygen atoms in total. The van der Waals surface area contributed by atoms with Crippen LogP contribution in [0.4, 0.5) is 36.2 Å². The van der Waals surface area contributed by atoms with E-state index in [1.165, 1.54) is 128 Å². The van der Waals surface area contributed by atoms with Crippen LogP contribution in [0.1, 0.15) is 75.2 Å². The number of ether oxygens (including phenoxy) is 8. The number of nitrogens with two attached hydrogens (primary N) is 1. The number of carboxylic acids is 1. The van der Waals surface area contributed by atoms with Crippen LogP contribution < -0.4 is 79.6 Å². The number of nitro benzene ring substituents is 3. The van der Waals surface area contributed by atoms with E-state index < -0.39 is 132 Å². The summed E-state index contributed by atoms with van der Waals surface area (Å²) in [7, 11) is 0. The number of aliphatic carboxylic acids is 1. The minimum absolute atomic E-state index is 0. The second-order valence-electron chi connectivity index (χ2n) is 15.0. The number of alkyl halides is 5. The third-order valence-electron chi connectivity index (χ3n) is 7.07. The maximum atomic E-state index is 11.3. The Morgan fingerprint density at radius 2 is 0.862 bits per heavy atom. The van der Waals surface area contributed by atoms with Crippen molar-refractivity contribution in [1.82, 2.24) is 5.32 Å². The van der Waals surface area contributed by atoms with Crippen molar-refractivity contribution in [3.05, 3.63) is 103 Å². The molecule has 6 atom stereocenters. The first kappa shape index (κ1) is 105. The standard InChI is InChI=1S/C11H11NO7.C9H8ClNO5.C8H15NO6S.C6H5NO3.C3H4Cl2O2.C3H9NO2S.3C2H4O2.CHCl3.Hg.2Na/c1-7(13)17-8(2)18-11(14)19-10-5-3-9(4-6-10)12(15)16;1-6(10)15-9(12)16-8-4-2-7(3-5-8)11(13)14;1-6(10)14-7(2)15-8(11)9-4-3-5-16(12)13;8-6-3-1-5(2-4-6)7(9)10;1-2(4)7-3(5)6;4-2-1-3-7(5)6;3*1-2(3)4;2-1(3)4;;;/h3-6,8H,1-2H3;2-6H,1H3;7H,3-5H2,1-2H3,(H,9,11)(H,12,13);1-4,8H;2H,1H3;1-4H2,(H,5,6);3*1H3,(H,3,4);1H;;;/q;;;;;;;;;;+2;2*+1/p-4. The monoisotopic (exact) mass is 1710 g/mol. The smallest absolute Gasteiger partial charge is 0.772 e. The summed E-state index contributed by atoms with van der Waals surface area (Å²) in [6.45, 7) is 12.4. The Kier molecular flexibility index (Phi) is 74.7. The number of nitrogens with one attached hydrogen (secondary N) is 1. The molecule has 47 heteroatoms. The van der Waals surface area contributed by atoms with E-state index in [0.717, 1.165) is 6.92 Å². The van der Waals surface area contributed by atoms with Gasteiger partial charge in [0.05, 0.1) is 14.8 Å². The number of esters is 2. The van der Waals surface area contributed by atoms with Gasteiger partial charge in [-0.3, -0.25) is 53.1 Å². The molecule has 0 radical (unpaired) electrons. The molecule has 3 rings (SSSR count). The third-order valence-corrected chi connectivity index (χ3v) is 12.7. The van der Waals surface area contributed by atoms with E-state index in [4.69, 9.17) is 99.8 Å². The number of amides is 1. The molecule has 3 aromatic rings. The number of nitro groups is 3. The number of non-ortho nitro benzene ring substituents is 3. The van der Waals surface area contributed by atoms with Crippen molar-refractivity contribution in [2.75, 3.05) is 24.6 Å². The normalized spacial score (nSPS) is 10.9. The summed E-state index contributed by atoms with van der Waals surface area (Å²) < 4.78 is 84.3. The van der Waals surface area contributed by atoms with E-state index in [-0.39, 0.29) is 123 Å². The maximum absolute atomic E-state index is 11.3. The molecule has 1 amide bonds. The topological polar surface area (TPSA) is 534 Å². The van der Waals surface area contributed by atoms with Gasteiger partial charge in [0, 0.05) is 101 Å². The zero-order chi connectivity index (χ0) is 72.6. The number of alkyl carbamates (subject to hydrolysis) is 1. The van der Waals surface area contributed by atoms with E-state index >= 15 is 0 Å². The summed E-state index contributed by atoms with van der Waals surface area (Å²) in [6, 6.07) is 14.9. The van der Waals surface area contributed by atoms with Gasteiger partial charge in [-0.05, 0) is 69.6 Å². The van der Waals surface area contributed by atoms with Crippen molar-refractivity contribution in [3.63, 3.8) is 0 Å². The Balaban J connectivity index is -0.000000153. The number of nitrogens with zero attached hydrogens (tertiary/aromatic N) is 3. The average molecular weight is 1720 g/mol. The first-order chi connectivity index (χ1) is 42.5. The molecular formula is C47H61Cl6HgN5Na2O31S2. The summed E-state index contributed by atoms with van der Waals surface area (Å²) in [5.74, 6) is -2.30. The Bertz CT molecular complexity index is 2720. The summed E-state index contributed by atoms with van der Waals surface area (Å²) in [6.07, 6.45) is -3.98. The van der Waals surface area contributed by atoms with Crippen LogP contribution >= 0.6 is 69.6 Å². The van der Waals surface area contributed by atoms with Gasteiger partial charge < -0.3 is 68.3 Å². The number of carbonyl (C=O) groups excluding carboxylic acids is 8. The van der Waals surface area contributed by atoms with Crippen LogP contribution in [0.25, 0.3) is 0 Å². The van der Waals surface area contributed by atoms with Gasteiger partial charge in [-0.15, -0.1) is 0 Å². The molecule has 518 valence electrons. The molecule has 0 aliphatic rings. The Labute approximate surface area is 628 Å². The molecule has 0 spiro atoms. The molecule has 0 fully saturated rings. The van der Waals surface area contributed by atoms with Crippen molar-refractivity contribution < 1.29 is 213 Å². The number of benzene rings is 3. The molecular weight excluding hydrogens is 1650 g/mol. The van der Waals surface area contributed by atoms with Crippen molar-refractivity contribution in [3.8, 4) is 17.2 Å². The fourth-order valence-electron chi connectivity index (χ4n) is 3.97. The fraction of sp³-hybridized carbons (Fsp3) is 0.426. The zero-order valence-corrected chi connectivity index (χ0v) is 67.2. The number of hydrogen-bond acceptors (Lipinski definition) is 31. The predicted octanol–water partition coefficient (Wildman–Crippen LogP) is 3.18. The van der Waals surface area contributed by atoms with Crippen LogP contribution in [0.15, 0.2) is 72.8 Å². The first-order valence-electron chi connectivity index (χ1n) is 24.3. The van der Waals surface area contributed by atoms with E-state index in [9.17, 15) is 86.2 Å². The summed E-state index contributed by atoms with van der Waals surface area (Å²) in [5.41, 5.74) is 2.46. The van der Waals surface area contributed by atoms with Crippen molar-refractivity contribution in [1.29, 1.82) is 0 Å². The van der Waals surface area contributed by atoms with E-state index in [0.29, 0.717) is 19.4 Å². The average Bonchev–Trinajstić information content (AvgIpc) is 0.980. The number of hydrogen-bond donors (Lipinski definition) is 4. The van der Waals surface area contributed by atoms with Crippen molar-refractivity contribution in [2.24, 2.45) is 5.73 Å². The molecule has 6 unspecified atom stereocenters. The van der Waals surface area contributed by atoms with Gasteiger partial charge in [0.1, 0.15) is 17.2 Å². The van der Waals surface area contributed by atoms with E-state index in [2.05, 4.69) is 39.0 Å². The summed E-state index contributed by atoms with van der Waals surface area (Å²) in [5, 5.41) is 49.2. The molecule has 0 aliphatic heterocycles. The fourth-order valence-corrected chi connectivity index (χ4v) is 6.60. The minimum Gasteiger partial charge on any atom is -0.772 e. The second-order valence-corrected chi connectivity index (χ2v) is 23.7. The molecule has 0 aromatic heterocycles. The van der Waals surface area contributed by atoms with Gasteiger partial charge in [-0.25, -0.2) is 19.2 Å². The largest absolute Gasteiger partial charge is 1.00 e. The Hall–Kier alpha value is -4.85. The van der Waals surface area contributed by atoms with Crippen LogP contribution in [0.5, 0.6) is 17.2 Å². The molecule has 5 N–H and O–H groups in total. The molecule has 3 aromatic carbocycles. The summed E-state index contributed by atoms with van der Waals surface area (Å²) >= 11 is 23.6. The number of rotatable bonds is 20. The van der Waals surface area contributed by atoms with E-state index in [1.807, 2.05) is 0 Å². The van der Waals surface area contributed by atoms with Gasteiger partial charge in [-0.2, -0.15) is 0 Å². The van der Waals surface area contributed by atoms with Crippen molar-refractivity contribution >= 4 is 163 Å². The molecule has 0 bridgehead atoms. The second kappa shape index (κ2) is 66.7. The molecule has 0 heterocycles. The quantitative estimate of drug-likeness (QED) is 0.0108. The number of phenols is 1.